The monoisotopic (exact) mass is 319 g/mol. The Bertz CT molecular complexity index is 617. The lowest BCUT2D eigenvalue weighted by Crippen LogP contribution is -2.33. The molecule has 0 aliphatic carbocycles. The topological polar surface area (TPSA) is 117 Å². The second-order valence-electron chi connectivity index (χ2n) is 5.36. The maximum absolute atomic E-state index is 12.2. The molecule has 8 heteroatoms. The first-order chi connectivity index (χ1) is 9.56. The van der Waals surface area contributed by atoms with Gasteiger partial charge < -0.3 is 14.6 Å². The lowest BCUT2D eigenvalue weighted by atomic mass is 10.1. The molecule has 0 aliphatic heterocycles. The van der Waals surface area contributed by atoms with Crippen molar-refractivity contribution in [3.05, 3.63) is 17.1 Å². The van der Waals surface area contributed by atoms with Gasteiger partial charge in [0.1, 0.15) is 22.0 Å². The number of rotatable bonds is 7. The number of hydrogen-bond acceptors (Lipinski definition) is 5. The highest BCUT2D eigenvalue weighted by molar-refractivity contribution is 7.89. The molecule has 120 valence electrons. The molecule has 0 saturated carbocycles. The third-order valence-corrected chi connectivity index (χ3v) is 4.52. The van der Waals surface area contributed by atoms with Crippen molar-refractivity contribution in [2.75, 3.05) is 6.54 Å². The minimum atomic E-state index is -4.06. The Morgan fingerprint density at radius 2 is 1.86 bits per heavy atom. The van der Waals surface area contributed by atoms with Crippen LogP contribution in [-0.2, 0) is 10.0 Å². The molecule has 0 radical (unpaired) electrons. The average Bonchev–Trinajstić information content (AvgIpc) is 2.61. The van der Waals surface area contributed by atoms with Crippen molar-refractivity contribution in [2.45, 2.75) is 45.1 Å². The molecule has 0 aromatic carbocycles. The van der Waals surface area contributed by atoms with Crippen molar-refractivity contribution < 1.29 is 27.8 Å². The number of aromatic carboxylic acids is 1. The number of nitrogens with one attached hydrogen (secondary N) is 1. The molecule has 0 saturated heterocycles. The van der Waals surface area contributed by atoms with Crippen LogP contribution < -0.4 is 4.72 Å². The smallest absolute Gasteiger partial charge is 0.340 e. The Morgan fingerprint density at radius 1 is 1.29 bits per heavy atom. The van der Waals surface area contributed by atoms with E-state index in [1.54, 1.807) is 0 Å². The molecular weight excluding hydrogens is 298 g/mol. The van der Waals surface area contributed by atoms with E-state index in [4.69, 9.17) is 9.52 Å². The molecule has 1 aromatic heterocycles. The third kappa shape index (κ3) is 4.29. The van der Waals surface area contributed by atoms with E-state index in [2.05, 4.69) is 4.72 Å². The van der Waals surface area contributed by atoms with E-state index in [9.17, 15) is 18.3 Å². The highest BCUT2D eigenvalue weighted by Crippen LogP contribution is 2.26. The zero-order chi connectivity index (χ0) is 16.4. The third-order valence-electron chi connectivity index (χ3n) is 2.94. The highest BCUT2D eigenvalue weighted by atomic mass is 32.2. The van der Waals surface area contributed by atoms with Gasteiger partial charge in [-0.3, -0.25) is 0 Å². The summed E-state index contributed by atoms with van der Waals surface area (Å²) in [5, 5.41) is 18.8. The minimum absolute atomic E-state index is 0.00995. The number of carboxylic acids is 1. The summed E-state index contributed by atoms with van der Waals surface area (Å²) in [7, 11) is -4.06. The van der Waals surface area contributed by atoms with Gasteiger partial charge in [-0.25, -0.2) is 17.9 Å². The van der Waals surface area contributed by atoms with Gasteiger partial charge in [-0.1, -0.05) is 13.8 Å². The molecule has 1 atom stereocenters. The number of carbonyl (C=O) groups is 1. The first kappa shape index (κ1) is 17.7. The summed E-state index contributed by atoms with van der Waals surface area (Å²) in [6, 6.07) is 0. The summed E-state index contributed by atoms with van der Waals surface area (Å²) in [6.45, 7) is 6.42. The maximum atomic E-state index is 12.2. The SMILES string of the molecule is Cc1oc(C)c(S(=O)(=O)NCC(O)CC(C)C)c1C(=O)O. The van der Waals surface area contributed by atoms with Gasteiger partial charge in [0.05, 0.1) is 6.10 Å². The van der Waals surface area contributed by atoms with E-state index < -0.39 is 22.1 Å². The van der Waals surface area contributed by atoms with Gasteiger partial charge in [0.25, 0.3) is 0 Å². The molecule has 0 aliphatic rings. The van der Waals surface area contributed by atoms with Gasteiger partial charge >= 0.3 is 5.97 Å². The number of aryl methyl sites for hydroxylation is 2. The van der Waals surface area contributed by atoms with Gasteiger partial charge in [-0.05, 0) is 26.2 Å². The second-order valence-corrected chi connectivity index (χ2v) is 7.06. The standard InChI is InChI=1S/C13H21NO6S/c1-7(2)5-10(15)6-14-21(18,19)12-9(4)20-8(3)11(12)13(16)17/h7,10,14-15H,5-6H2,1-4H3,(H,16,17). The number of carboxylic acid groups (broad SMARTS) is 1. The van der Waals surface area contributed by atoms with Crippen LogP contribution in [0.3, 0.4) is 0 Å². The van der Waals surface area contributed by atoms with E-state index in [-0.39, 0.29) is 34.4 Å². The Morgan fingerprint density at radius 3 is 2.33 bits per heavy atom. The van der Waals surface area contributed by atoms with E-state index in [0.29, 0.717) is 6.42 Å². The molecule has 0 bridgehead atoms. The molecule has 7 nitrogen and oxygen atoms in total. The molecule has 1 rings (SSSR count). The number of sulfonamides is 1. The minimum Gasteiger partial charge on any atom is -0.478 e. The summed E-state index contributed by atoms with van der Waals surface area (Å²) >= 11 is 0. The van der Waals surface area contributed by atoms with Gasteiger partial charge in [0.15, 0.2) is 0 Å². The first-order valence-electron chi connectivity index (χ1n) is 6.57. The molecule has 0 spiro atoms. The van der Waals surface area contributed by atoms with Crippen molar-refractivity contribution in [1.82, 2.24) is 4.72 Å². The number of aliphatic hydroxyl groups excluding tert-OH is 1. The van der Waals surface area contributed by atoms with Crippen molar-refractivity contribution in [2.24, 2.45) is 5.92 Å². The van der Waals surface area contributed by atoms with Crippen LogP contribution in [0.4, 0.5) is 0 Å². The second kappa shape index (κ2) is 6.59. The van der Waals surface area contributed by atoms with Crippen molar-refractivity contribution in [3.8, 4) is 0 Å². The lowest BCUT2D eigenvalue weighted by Gasteiger charge is -2.14. The Hall–Kier alpha value is -1.38. The van der Waals surface area contributed by atoms with Crippen LogP contribution in [0.5, 0.6) is 0 Å². The van der Waals surface area contributed by atoms with E-state index >= 15 is 0 Å². The van der Waals surface area contributed by atoms with Crippen molar-refractivity contribution >= 4 is 16.0 Å². The molecule has 0 fully saturated rings. The largest absolute Gasteiger partial charge is 0.478 e. The molecule has 21 heavy (non-hydrogen) atoms. The van der Waals surface area contributed by atoms with E-state index in [0.717, 1.165) is 0 Å². The highest BCUT2D eigenvalue weighted by Gasteiger charge is 2.31. The van der Waals surface area contributed by atoms with Crippen molar-refractivity contribution in [3.63, 3.8) is 0 Å². The van der Waals surface area contributed by atoms with Gasteiger partial charge in [-0.2, -0.15) is 0 Å². The van der Waals surface area contributed by atoms with E-state index in [1.807, 2.05) is 13.8 Å². The van der Waals surface area contributed by atoms with Gasteiger partial charge in [0.2, 0.25) is 10.0 Å². The summed E-state index contributed by atoms with van der Waals surface area (Å²) in [4.78, 5) is 10.8. The molecule has 1 heterocycles. The number of hydrogen-bond donors (Lipinski definition) is 3. The van der Waals surface area contributed by atoms with Crippen LogP contribution in [0, 0.1) is 19.8 Å². The van der Waals surface area contributed by atoms with Crippen LogP contribution in [0.25, 0.3) is 0 Å². The zero-order valence-corrected chi connectivity index (χ0v) is 13.3. The fourth-order valence-electron chi connectivity index (χ4n) is 2.14. The predicted octanol–water partition coefficient (Wildman–Crippen LogP) is 1.28. The Labute approximate surface area is 124 Å². The van der Waals surface area contributed by atoms with Crippen molar-refractivity contribution in [1.29, 1.82) is 0 Å². The normalized spacial score (nSPS) is 13.6. The molecule has 0 amide bonds. The van der Waals surface area contributed by atoms with Crippen LogP contribution in [0.1, 0.15) is 42.1 Å². The Kier molecular flexibility index (Phi) is 5.54. The van der Waals surface area contributed by atoms with Crippen LogP contribution >= 0.6 is 0 Å². The van der Waals surface area contributed by atoms with Gasteiger partial charge in [-0.15, -0.1) is 0 Å². The average molecular weight is 319 g/mol. The Balaban J connectivity index is 3.02. The summed E-state index contributed by atoms with van der Waals surface area (Å²) in [5.41, 5.74) is -0.377. The zero-order valence-electron chi connectivity index (χ0n) is 12.5. The molecule has 1 aromatic rings. The maximum Gasteiger partial charge on any atom is 0.340 e. The van der Waals surface area contributed by atoms with Gasteiger partial charge in [0, 0.05) is 6.54 Å². The van der Waals surface area contributed by atoms with Crippen LogP contribution in [0.15, 0.2) is 9.31 Å². The summed E-state index contributed by atoms with van der Waals surface area (Å²) in [5.74, 6) is -1.11. The molecular formula is C13H21NO6S. The number of furan rings is 1. The quantitative estimate of drug-likeness (QED) is 0.697. The fraction of sp³-hybridized carbons (Fsp3) is 0.615. The molecule has 3 N–H and O–H groups in total. The van der Waals surface area contributed by atoms with E-state index in [1.165, 1.54) is 13.8 Å². The summed E-state index contributed by atoms with van der Waals surface area (Å²) < 4.78 is 31.8. The van der Waals surface area contributed by atoms with Crippen LogP contribution in [-0.4, -0.2) is 37.2 Å². The molecule has 1 unspecified atom stereocenters. The van der Waals surface area contributed by atoms with Crippen LogP contribution in [0.2, 0.25) is 0 Å². The lowest BCUT2D eigenvalue weighted by molar-refractivity contribution is 0.0691. The number of aliphatic hydroxyl groups is 1. The predicted molar refractivity (Wildman–Crippen MR) is 75.8 cm³/mol. The summed E-state index contributed by atoms with van der Waals surface area (Å²) in [6.07, 6.45) is -0.390. The fourth-order valence-corrected chi connectivity index (χ4v) is 3.62. The first-order valence-corrected chi connectivity index (χ1v) is 8.05.